The van der Waals surface area contributed by atoms with Crippen LogP contribution in [0, 0.1) is 5.92 Å². The maximum atomic E-state index is 12.2. The molecule has 0 saturated carbocycles. The molecular formula is C20H21ClN2O3. The standard InChI is InChI=1S/C20H21ClN2O3/c21-18-9-5-4-8-17(18)20(25)23-12-16-10-14(13-26-16)11-22-19(24)15-6-2-1-3-7-15/h1-9,14,16H,10-13H2,(H,22,24)(H,23,25). The smallest absolute Gasteiger partial charge is 0.252 e. The van der Waals surface area contributed by atoms with Crippen molar-refractivity contribution in [3.63, 3.8) is 0 Å². The Bertz CT molecular complexity index is 767. The highest BCUT2D eigenvalue weighted by Gasteiger charge is 2.26. The number of carbonyl (C=O) groups is 2. The number of nitrogens with one attached hydrogen (secondary N) is 2. The highest BCUT2D eigenvalue weighted by molar-refractivity contribution is 6.33. The van der Waals surface area contributed by atoms with E-state index in [9.17, 15) is 9.59 Å². The second-order valence-corrected chi connectivity index (χ2v) is 6.73. The fraction of sp³-hybridized carbons (Fsp3) is 0.300. The second kappa shape index (κ2) is 8.83. The molecule has 3 rings (SSSR count). The summed E-state index contributed by atoms with van der Waals surface area (Å²) < 4.78 is 5.72. The minimum atomic E-state index is -0.208. The van der Waals surface area contributed by atoms with Crippen LogP contribution in [0.3, 0.4) is 0 Å². The number of amides is 2. The molecule has 0 bridgehead atoms. The Morgan fingerprint density at radius 3 is 2.42 bits per heavy atom. The zero-order valence-corrected chi connectivity index (χ0v) is 15.0. The molecule has 0 radical (unpaired) electrons. The van der Waals surface area contributed by atoms with Crippen molar-refractivity contribution in [1.82, 2.24) is 10.6 Å². The monoisotopic (exact) mass is 372 g/mol. The number of ether oxygens (including phenoxy) is 1. The Morgan fingerprint density at radius 2 is 1.65 bits per heavy atom. The van der Waals surface area contributed by atoms with Gasteiger partial charge in [-0.25, -0.2) is 0 Å². The van der Waals surface area contributed by atoms with E-state index < -0.39 is 0 Å². The van der Waals surface area contributed by atoms with E-state index in [4.69, 9.17) is 16.3 Å². The van der Waals surface area contributed by atoms with Crippen LogP contribution in [-0.2, 0) is 4.74 Å². The summed E-state index contributed by atoms with van der Waals surface area (Å²) in [5.41, 5.74) is 1.11. The van der Waals surface area contributed by atoms with Crippen molar-refractivity contribution in [2.75, 3.05) is 19.7 Å². The number of halogens is 1. The molecule has 0 aliphatic carbocycles. The van der Waals surface area contributed by atoms with Gasteiger partial charge in [0, 0.05) is 24.6 Å². The minimum Gasteiger partial charge on any atom is -0.376 e. The molecule has 2 aromatic carbocycles. The van der Waals surface area contributed by atoms with Gasteiger partial charge in [0.1, 0.15) is 0 Å². The second-order valence-electron chi connectivity index (χ2n) is 6.32. The summed E-state index contributed by atoms with van der Waals surface area (Å²) in [6, 6.07) is 16.1. The van der Waals surface area contributed by atoms with Gasteiger partial charge in [0.05, 0.1) is 23.3 Å². The summed E-state index contributed by atoms with van der Waals surface area (Å²) in [5, 5.41) is 6.22. The molecule has 6 heteroatoms. The third-order valence-electron chi connectivity index (χ3n) is 4.36. The normalized spacial score (nSPS) is 19.1. The Morgan fingerprint density at radius 1 is 0.962 bits per heavy atom. The van der Waals surface area contributed by atoms with Crippen LogP contribution >= 0.6 is 11.6 Å². The lowest BCUT2D eigenvalue weighted by atomic mass is 10.1. The van der Waals surface area contributed by atoms with Crippen molar-refractivity contribution in [2.24, 2.45) is 5.92 Å². The Kier molecular flexibility index (Phi) is 6.26. The SMILES string of the molecule is O=C(NCC1COC(CNC(=O)c2ccccc2Cl)C1)c1ccccc1. The first-order valence-electron chi connectivity index (χ1n) is 8.61. The number of benzene rings is 2. The van der Waals surface area contributed by atoms with Gasteiger partial charge in [-0.2, -0.15) is 0 Å². The molecule has 2 atom stereocenters. The van der Waals surface area contributed by atoms with Crippen LogP contribution in [0.15, 0.2) is 54.6 Å². The van der Waals surface area contributed by atoms with Gasteiger partial charge in [-0.05, 0) is 30.7 Å². The average molecular weight is 373 g/mol. The molecule has 26 heavy (non-hydrogen) atoms. The first kappa shape index (κ1) is 18.4. The highest BCUT2D eigenvalue weighted by Crippen LogP contribution is 2.19. The summed E-state index contributed by atoms with van der Waals surface area (Å²) in [6.07, 6.45) is 0.734. The lowest BCUT2D eigenvalue weighted by Gasteiger charge is -2.12. The Balaban J connectivity index is 1.41. The third-order valence-corrected chi connectivity index (χ3v) is 4.69. The quantitative estimate of drug-likeness (QED) is 0.819. The largest absolute Gasteiger partial charge is 0.376 e. The van der Waals surface area contributed by atoms with Gasteiger partial charge in [-0.15, -0.1) is 0 Å². The van der Waals surface area contributed by atoms with Crippen molar-refractivity contribution in [2.45, 2.75) is 12.5 Å². The van der Waals surface area contributed by atoms with E-state index in [0.29, 0.717) is 35.8 Å². The van der Waals surface area contributed by atoms with Crippen molar-refractivity contribution in [1.29, 1.82) is 0 Å². The van der Waals surface area contributed by atoms with E-state index >= 15 is 0 Å². The van der Waals surface area contributed by atoms with Crippen LogP contribution in [0.4, 0.5) is 0 Å². The van der Waals surface area contributed by atoms with E-state index in [-0.39, 0.29) is 23.8 Å². The molecule has 1 heterocycles. The van der Waals surface area contributed by atoms with Gasteiger partial charge in [0.25, 0.3) is 11.8 Å². The summed E-state index contributed by atoms with van der Waals surface area (Å²) in [6.45, 7) is 1.55. The van der Waals surface area contributed by atoms with E-state index in [1.54, 1.807) is 36.4 Å². The van der Waals surface area contributed by atoms with Gasteiger partial charge in [-0.1, -0.05) is 41.9 Å². The summed E-state index contributed by atoms with van der Waals surface area (Å²) >= 11 is 6.03. The zero-order chi connectivity index (χ0) is 18.4. The lowest BCUT2D eigenvalue weighted by Crippen LogP contribution is -2.32. The summed E-state index contributed by atoms with van der Waals surface area (Å²) in [4.78, 5) is 24.2. The van der Waals surface area contributed by atoms with Gasteiger partial charge in [-0.3, -0.25) is 9.59 Å². The molecule has 1 aliphatic heterocycles. The molecular weight excluding hydrogens is 352 g/mol. The third kappa shape index (κ3) is 4.84. The van der Waals surface area contributed by atoms with E-state index in [2.05, 4.69) is 10.6 Å². The van der Waals surface area contributed by atoms with Gasteiger partial charge in [0.15, 0.2) is 0 Å². The van der Waals surface area contributed by atoms with Crippen molar-refractivity contribution >= 4 is 23.4 Å². The number of carbonyl (C=O) groups excluding carboxylic acids is 2. The van der Waals surface area contributed by atoms with Crippen molar-refractivity contribution in [3.05, 3.63) is 70.7 Å². The molecule has 0 aromatic heterocycles. The molecule has 5 nitrogen and oxygen atoms in total. The zero-order valence-electron chi connectivity index (χ0n) is 14.3. The first-order valence-corrected chi connectivity index (χ1v) is 8.99. The molecule has 2 aromatic rings. The van der Waals surface area contributed by atoms with Crippen LogP contribution in [0.5, 0.6) is 0 Å². The van der Waals surface area contributed by atoms with Crippen LogP contribution in [0.2, 0.25) is 5.02 Å². The van der Waals surface area contributed by atoms with Gasteiger partial charge in [0.2, 0.25) is 0 Å². The van der Waals surface area contributed by atoms with E-state index in [1.165, 1.54) is 0 Å². The fourth-order valence-corrected chi connectivity index (χ4v) is 3.16. The number of hydrogen-bond acceptors (Lipinski definition) is 3. The molecule has 136 valence electrons. The molecule has 2 amide bonds. The highest BCUT2D eigenvalue weighted by atomic mass is 35.5. The maximum absolute atomic E-state index is 12.2. The van der Waals surface area contributed by atoms with Crippen LogP contribution in [0.1, 0.15) is 27.1 Å². The lowest BCUT2D eigenvalue weighted by molar-refractivity contribution is 0.0843. The van der Waals surface area contributed by atoms with Gasteiger partial charge >= 0.3 is 0 Å². The number of hydrogen-bond donors (Lipinski definition) is 2. The molecule has 1 saturated heterocycles. The predicted octanol–water partition coefficient (Wildman–Crippen LogP) is 2.90. The molecule has 0 spiro atoms. The van der Waals surface area contributed by atoms with Crippen molar-refractivity contribution in [3.8, 4) is 0 Å². The van der Waals surface area contributed by atoms with E-state index in [0.717, 1.165) is 6.42 Å². The van der Waals surface area contributed by atoms with Gasteiger partial charge < -0.3 is 15.4 Å². The minimum absolute atomic E-state index is 0.0555. The Hall–Kier alpha value is -2.37. The molecule has 1 aliphatic rings. The summed E-state index contributed by atoms with van der Waals surface area (Å²) in [7, 11) is 0. The summed E-state index contributed by atoms with van der Waals surface area (Å²) in [5.74, 6) is -0.0500. The predicted molar refractivity (Wildman–Crippen MR) is 100 cm³/mol. The van der Waals surface area contributed by atoms with E-state index in [1.807, 2.05) is 18.2 Å². The fourth-order valence-electron chi connectivity index (χ4n) is 2.94. The topological polar surface area (TPSA) is 67.4 Å². The van der Waals surface area contributed by atoms with Crippen LogP contribution in [0.25, 0.3) is 0 Å². The first-order chi connectivity index (χ1) is 12.6. The Labute approximate surface area is 157 Å². The maximum Gasteiger partial charge on any atom is 0.252 e. The molecule has 1 fully saturated rings. The molecule has 2 N–H and O–H groups in total. The number of rotatable bonds is 6. The van der Waals surface area contributed by atoms with Crippen LogP contribution < -0.4 is 10.6 Å². The molecule has 2 unspecified atom stereocenters. The van der Waals surface area contributed by atoms with Crippen LogP contribution in [-0.4, -0.2) is 37.6 Å². The van der Waals surface area contributed by atoms with Crippen molar-refractivity contribution < 1.29 is 14.3 Å². The average Bonchev–Trinajstić information content (AvgIpc) is 3.13.